The molecule has 1 atom stereocenters. The fraction of sp³-hybridized carbons (Fsp3) is 0.185. The number of fused-ring (bicyclic) bond motifs is 2. The van der Waals surface area contributed by atoms with Crippen molar-refractivity contribution in [3.8, 4) is 0 Å². The molecule has 1 aliphatic heterocycles. The van der Waals surface area contributed by atoms with Crippen LogP contribution in [-0.4, -0.2) is 10.8 Å². The van der Waals surface area contributed by atoms with E-state index in [2.05, 4.69) is 6.92 Å². The number of benzene rings is 3. The first-order valence-electron chi connectivity index (χ1n) is 10.8. The number of carbonyl (C=O) groups is 1. The Hall–Kier alpha value is -3.44. The maximum atomic E-state index is 13.6. The van der Waals surface area contributed by atoms with E-state index in [1.54, 1.807) is 29.2 Å². The fourth-order valence-corrected chi connectivity index (χ4v) is 4.54. The predicted octanol–water partition coefficient (Wildman–Crippen LogP) is 6.20. The van der Waals surface area contributed by atoms with E-state index >= 15 is 0 Å². The predicted molar refractivity (Wildman–Crippen MR) is 126 cm³/mol. The summed E-state index contributed by atoms with van der Waals surface area (Å²) in [5, 5.41) is 0.807. The summed E-state index contributed by atoms with van der Waals surface area (Å²) in [7, 11) is 0. The molecule has 0 saturated carbocycles. The van der Waals surface area contributed by atoms with Crippen LogP contribution < -0.4 is 5.43 Å². The topological polar surface area (TPSA) is 50.5 Å². The van der Waals surface area contributed by atoms with E-state index < -0.39 is 6.04 Å². The molecule has 6 heteroatoms. The van der Waals surface area contributed by atoms with Gasteiger partial charge >= 0.3 is 0 Å². The molecular formula is C27H21ClFNO3. The van der Waals surface area contributed by atoms with Crippen LogP contribution in [0.1, 0.15) is 51.3 Å². The Bertz CT molecular complexity index is 1440. The molecule has 2 heterocycles. The number of aryl methyl sites for hydroxylation is 2. The van der Waals surface area contributed by atoms with Crippen molar-refractivity contribution in [2.75, 3.05) is 0 Å². The standard InChI is InChI=1S/C27H21ClFNO3/c1-3-16-4-8-18(9-5-16)24-23-25(31)20-13-21(28)15(2)12-22(20)33-26(23)27(32)30(24)14-17-6-10-19(29)11-7-17/h4-13,24H,3,14H2,1-2H3. The number of amides is 1. The maximum absolute atomic E-state index is 13.6. The van der Waals surface area contributed by atoms with Gasteiger partial charge in [-0.1, -0.05) is 54.9 Å². The van der Waals surface area contributed by atoms with Gasteiger partial charge < -0.3 is 9.32 Å². The van der Waals surface area contributed by atoms with Crippen LogP contribution >= 0.6 is 11.6 Å². The molecule has 0 radical (unpaired) electrons. The highest BCUT2D eigenvalue weighted by Gasteiger charge is 2.42. The molecule has 0 bridgehead atoms. The average Bonchev–Trinajstić information content (AvgIpc) is 3.08. The highest BCUT2D eigenvalue weighted by Crippen LogP contribution is 2.39. The summed E-state index contributed by atoms with van der Waals surface area (Å²) in [5.41, 5.74) is 3.84. The second-order valence-electron chi connectivity index (χ2n) is 8.33. The number of halogens is 2. The molecular weight excluding hydrogens is 441 g/mol. The minimum atomic E-state index is -0.621. The lowest BCUT2D eigenvalue weighted by Crippen LogP contribution is -2.29. The van der Waals surface area contributed by atoms with Crippen molar-refractivity contribution in [3.63, 3.8) is 0 Å². The van der Waals surface area contributed by atoms with E-state index in [0.29, 0.717) is 21.6 Å². The van der Waals surface area contributed by atoms with E-state index in [1.807, 2.05) is 31.2 Å². The van der Waals surface area contributed by atoms with E-state index in [4.69, 9.17) is 16.0 Å². The Kier molecular flexibility index (Phi) is 5.29. The van der Waals surface area contributed by atoms with Crippen molar-refractivity contribution in [1.82, 2.24) is 4.90 Å². The van der Waals surface area contributed by atoms with Crippen LogP contribution in [0.15, 0.2) is 69.9 Å². The van der Waals surface area contributed by atoms with Crippen LogP contribution in [0.4, 0.5) is 4.39 Å². The van der Waals surface area contributed by atoms with Gasteiger partial charge in [0.25, 0.3) is 5.91 Å². The zero-order valence-electron chi connectivity index (χ0n) is 18.2. The molecule has 0 fully saturated rings. The lowest BCUT2D eigenvalue weighted by molar-refractivity contribution is 0.0714. The lowest BCUT2D eigenvalue weighted by Gasteiger charge is -2.25. The second-order valence-corrected chi connectivity index (χ2v) is 8.74. The summed E-state index contributed by atoms with van der Waals surface area (Å²) in [4.78, 5) is 28.8. The first-order chi connectivity index (χ1) is 15.9. The van der Waals surface area contributed by atoms with Gasteiger partial charge in [-0.25, -0.2) is 4.39 Å². The summed E-state index contributed by atoms with van der Waals surface area (Å²) < 4.78 is 19.4. The largest absolute Gasteiger partial charge is 0.450 e. The van der Waals surface area contributed by atoms with Crippen molar-refractivity contribution in [2.45, 2.75) is 32.9 Å². The first-order valence-corrected chi connectivity index (χ1v) is 11.2. The molecule has 166 valence electrons. The molecule has 0 N–H and O–H groups in total. The van der Waals surface area contributed by atoms with E-state index in [1.165, 1.54) is 12.1 Å². The highest BCUT2D eigenvalue weighted by molar-refractivity contribution is 6.32. The van der Waals surface area contributed by atoms with Gasteiger partial charge in [0.2, 0.25) is 5.76 Å². The third-order valence-corrected chi connectivity index (χ3v) is 6.62. The molecule has 3 aromatic carbocycles. The smallest absolute Gasteiger partial charge is 0.291 e. The third-order valence-electron chi connectivity index (χ3n) is 6.22. The monoisotopic (exact) mass is 461 g/mol. The molecule has 4 nitrogen and oxygen atoms in total. The molecule has 1 amide bonds. The summed E-state index contributed by atoms with van der Waals surface area (Å²) in [6.07, 6.45) is 0.879. The second kappa shape index (κ2) is 8.16. The lowest BCUT2D eigenvalue weighted by atomic mass is 9.96. The van der Waals surface area contributed by atoms with Crippen molar-refractivity contribution in [3.05, 3.63) is 115 Å². The zero-order chi connectivity index (χ0) is 23.3. The number of hydrogen-bond acceptors (Lipinski definition) is 3. The van der Waals surface area contributed by atoms with E-state index in [0.717, 1.165) is 28.7 Å². The quantitative estimate of drug-likeness (QED) is 0.363. The molecule has 1 aliphatic rings. The Labute approximate surface area is 195 Å². The SMILES string of the molecule is CCc1ccc(C2c3c(oc4cc(C)c(Cl)cc4c3=O)C(=O)N2Cc2ccc(F)cc2)cc1. The van der Waals surface area contributed by atoms with Crippen molar-refractivity contribution in [1.29, 1.82) is 0 Å². The van der Waals surface area contributed by atoms with Gasteiger partial charge in [0, 0.05) is 11.6 Å². The van der Waals surface area contributed by atoms with Crippen molar-refractivity contribution < 1.29 is 13.6 Å². The molecule has 0 spiro atoms. The van der Waals surface area contributed by atoms with E-state index in [-0.39, 0.29) is 29.5 Å². The number of rotatable bonds is 4. The van der Waals surface area contributed by atoms with Crippen LogP contribution in [0.5, 0.6) is 0 Å². The van der Waals surface area contributed by atoms with Gasteiger partial charge in [-0.2, -0.15) is 0 Å². The molecule has 5 rings (SSSR count). The first kappa shape index (κ1) is 21.4. The van der Waals surface area contributed by atoms with Gasteiger partial charge in [-0.3, -0.25) is 9.59 Å². The number of hydrogen-bond donors (Lipinski definition) is 0. The molecule has 0 aliphatic carbocycles. The Morgan fingerprint density at radius 3 is 2.33 bits per heavy atom. The Morgan fingerprint density at radius 2 is 1.67 bits per heavy atom. The molecule has 1 aromatic heterocycles. The van der Waals surface area contributed by atoms with Gasteiger partial charge in [0.15, 0.2) is 5.43 Å². The Morgan fingerprint density at radius 1 is 1.00 bits per heavy atom. The number of nitrogens with zero attached hydrogens (tertiary/aromatic N) is 1. The molecule has 33 heavy (non-hydrogen) atoms. The molecule has 1 unspecified atom stereocenters. The zero-order valence-corrected chi connectivity index (χ0v) is 18.9. The third kappa shape index (κ3) is 3.62. The van der Waals surface area contributed by atoms with Crippen molar-refractivity contribution in [2.24, 2.45) is 0 Å². The fourth-order valence-electron chi connectivity index (χ4n) is 4.37. The van der Waals surface area contributed by atoms with Crippen LogP contribution in [0, 0.1) is 12.7 Å². The molecule has 4 aromatic rings. The Balaban J connectivity index is 1.71. The minimum Gasteiger partial charge on any atom is -0.450 e. The summed E-state index contributed by atoms with van der Waals surface area (Å²) in [6, 6.07) is 16.5. The van der Waals surface area contributed by atoms with Gasteiger partial charge in [-0.05, 0) is 59.9 Å². The highest BCUT2D eigenvalue weighted by atomic mass is 35.5. The maximum Gasteiger partial charge on any atom is 0.291 e. The van der Waals surface area contributed by atoms with Crippen LogP contribution in [0.3, 0.4) is 0 Å². The van der Waals surface area contributed by atoms with Crippen molar-refractivity contribution >= 4 is 28.5 Å². The van der Waals surface area contributed by atoms with Gasteiger partial charge in [0.1, 0.15) is 11.4 Å². The summed E-state index contributed by atoms with van der Waals surface area (Å²) >= 11 is 6.29. The van der Waals surface area contributed by atoms with Gasteiger partial charge in [0.05, 0.1) is 17.0 Å². The minimum absolute atomic E-state index is 0.0425. The molecule has 0 saturated heterocycles. The van der Waals surface area contributed by atoms with Crippen LogP contribution in [0.2, 0.25) is 5.02 Å². The van der Waals surface area contributed by atoms with E-state index in [9.17, 15) is 14.0 Å². The summed E-state index contributed by atoms with van der Waals surface area (Å²) in [5.74, 6) is -0.678. The van der Waals surface area contributed by atoms with Crippen LogP contribution in [-0.2, 0) is 13.0 Å². The summed E-state index contributed by atoms with van der Waals surface area (Å²) in [6.45, 7) is 4.09. The number of carbonyl (C=O) groups excluding carboxylic acids is 1. The van der Waals surface area contributed by atoms with Crippen LogP contribution in [0.25, 0.3) is 11.0 Å². The van der Waals surface area contributed by atoms with Gasteiger partial charge in [-0.15, -0.1) is 0 Å². The normalized spacial score (nSPS) is 15.3. The average molecular weight is 462 g/mol.